The Kier molecular flexibility index (Phi) is 9.75. The Hall–Kier alpha value is -1.98. The first-order chi connectivity index (χ1) is 9.90. The molecule has 0 saturated heterocycles. The van der Waals surface area contributed by atoms with E-state index in [0.717, 1.165) is 6.08 Å². The summed E-state index contributed by atoms with van der Waals surface area (Å²) >= 11 is 0. The molecule has 0 N–H and O–H groups in total. The van der Waals surface area contributed by atoms with Gasteiger partial charge in [0.05, 0.1) is 0 Å². The highest BCUT2D eigenvalue weighted by Gasteiger charge is 2.12. The van der Waals surface area contributed by atoms with Crippen LogP contribution in [0.15, 0.2) is 11.6 Å². The van der Waals surface area contributed by atoms with E-state index in [1.807, 2.05) is 13.8 Å². The van der Waals surface area contributed by atoms with Crippen LogP contribution in [0.25, 0.3) is 0 Å². The molecule has 0 unspecified atom stereocenters. The molecule has 21 heavy (non-hydrogen) atoms. The van der Waals surface area contributed by atoms with Crippen molar-refractivity contribution in [2.24, 2.45) is 0 Å². The Morgan fingerprint density at radius 2 is 1.33 bits per heavy atom. The molecular weight excluding hydrogens is 276 g/mol. The normalized spacial score (nSPS) is 10.9. The third kappa shape index (κ3) is 9.54. The average Bonchev–Trinajstić information content (AvgIpc) is 2.43. The van der Waals surface area contributed by atoms with Crippen LogP contribution in [0.1, 0.15) is 46.5 Å². The van der Waals surface area contributed by atoms with Crippen LogP contribution < -0.4 is 0 Å². The third-order valence-electron chi connectivity index (χ3n) is 2.45. The zero-order chi connectivity index (χ0) is 16.3. The number of hydrogen-bond donors (Lipinski definition) is 0. The Morgan fingerprint density at radius 3 is 1.81 bits per heavy atom. The molecule has 6 nitrogen and oxygen atoms in total. The van der Waals surface area contributed by atoms with Crippen molar-refractivity contribution in [3.05, 3.63) is 11.6 Å². The van der Waals surface area contributed by atoms with Gasteiger partial charge < -0.3 is 9.47 Å². The minimum atomic E-state index is -0.784. The number of esters is 2. The lowest BCUT2D eigenvalue weighted by Crippen LogP contribution is -2.16. The number of Topliss-reactive ketones (excluding diaryl/α,β-unsaturated/α-hetero) is 2. The van der Waals surface area contributed by atoms with Gasteiger partial charge in [0.15, 0.2) is 11.6 Å². The fourth-order valence-corrected chi connectivity index (χ4v) is 1.39. The van der Waals surface area contributed by atoms with E-state index in [1.165, 1.54) is 6.92 Å². The van der Waals surface area contributed by atoms with Gasteiger partial charge >= 0.3 is 11.9 Å². The van der Waals surface area contributed by atoms with Crippen molar-refractivity contribution in [1.29, 1.82) is 0 Å². The summed E-state index contributed by atoms with van der Waals surface area (Å²) in [5.41, 5.74) is 0.0206. The number of ether oxygens (including phenoxy) is 2. The van der Waals surface area contributed by atoms with Crippen molar-refractivity contribution in [3.8, 4) is 0 Å². The van der Waals surface area contributed by atoms with Crippen LogP contribution in [0, 0.1) is 0 Å². The van der Waals surface area contributed by atoms with Crippen molar-refractivity contribution in [1.82, 2.24) is 0 Å². The molecule has 0 atom stereocenters. The van der Waals surface area contributed by atoms with Crippen molar-refractivity contribution >= 4 is 23.5 Å². The summed E-state index contributed by atoms with van der Waals surface area (Å²) in [6.45, 7) is 4.46. The van der Waals surface area contributed by atoms with Crippen molar-refractivity contribution < 1.29 is 28.7 Å². The fraction of sp³-hybridized carbons (Fsp3) is 0.600. The predicted octanol–water partition coefficient (Wildman–Crippen LogP) is 1.76. The number of carbonyl (C=O) groups is 4. The number of carbonyl (C=O) groups excluding carboxylic acids is 4. The van der Waals surface area contributed by atoms with Crippen LogP contribution in [-0.2, 0) is 28.7 Å². The van der Waals surface area contributed by atoms with E-state index in [-0.39, 0.29) is 30.4 Å². The zero-order valence-electron chi connectivity index (χ0n) is 12.8. The molecule has 0 heterocycles. The predicted molar refractivity (Wildman–Crippen MR) is 75.5 cm³/mol. The zero-order valence-corrected chi connectivity index (χ0v) is 12.8. The molecule has 0 spiro atoms. The molecule has 0 fully saturated rings. The molecule has 0 amide bonds. The lowest BCUT2D eigenvalue weighted by Gasteiger charge is -2.04. The van der Waals surface area contributed by atoms with Crippen molar-refractivity contribution in [2.45, 2.75) is 46.5 Å². The quantitative estimate of drug-likeness (QED) is 0.451. The van der Waals surface area contributed by atoms with E-state index >= 15 is 0 Å². The molecule has 0 aliphatic rings. The first-order valence-corrected chi connectivity index (χ1v) is 6.96. The molecular formula is C15H22O6. The molecule has 0 aromatic heterocycles. The molecule has 0 rings (SSSR count). The SMILES string of the molecule is CCCC(=O)COC(=O)/C=C(/C)C(=O)OCC(=O)CCC. The second kappa shape index (κ2) is 10.8. The summed E-state index contributed by atoms with van der Waals surface area (Å²) in [5, 5.41) is 0. The molecule has 0 aromatic carbocycles. The Bertz CT molecular complexity index is 422. The standard InChI is InChI=1S/C15H22O6/c1-4-6-12(16)9-20-14(18)8-11(3)15(19)21-10-13(17)7-5-2/h8H,4-7,9-10H2,1-3H3/b11-8-. The van der Waals surface area contributed by atoms with Crippen LogP contribution in [-0.4, -0.2) is 36.7 Å². The molecule has 118 valence electrons. The fourth-order valence-electron chi connectivity index (χ4n) is 1.39. The summed E-state index contributed by atoms with van der Waals surface area (Å²) in [6.07, 6.45) is 3.01. The highest BCUT2D eigenvalue weighted by molar-refractivity contribution is 5.97. The molecule has 0 aromatic rings. The summed E-state index contributed by atoms with van der Waals surface area (Å²) in [6, 6.07) is 0. The van der Waals surface area contributed by atoms with Gasteiger partial charge in [0.25, 0.3) is 0 Å². The van der Waals surface area contributed by atoms with Crippen LogP contribution in [0.3, 0.4) is 0 Å². The lowest BCUT2D eigenvalue weighted by molar-refractivity contribution is -0.145. The highest BCUT2D eigenvalue weighted by Crippen LogP contribution is 2.00. The largest absolute Gasteiger partial charge is 0.455 e. The summed E-state index contributed by atoms with van der Waals surface area (Å²) < 4.78 is 9.45. The Labute approximate surface area is 124 Å². The molecule has 0 bridgehead atoms. The molecule has 0 aliphatic carbocycles. The van der Waals surface area contributed by atoms with E-state index in [4.69, 9.17) is 9.47 Å². The third-order valence-corrected chi connectivity index (χ3v) is 2.45. The van der Waals surface area contributed by atoms with Gasteiger partial charge in [-0.25, -0.2) is 9.59 Å². The van der Waals surface area contributed by atoms with E-state index in [9.17, 15) is 19.2 Å². The van der Waals surface area contributed by atoms with Crippen LogP contribution in [0.5, 0.6) is 0 Å². The Balaban J connectivity index is 4.19. The minimum Gasteiger partial charge on any atom is -0.455 e. The van der Waals surface area contributed by atoms with E-state index in [2.05, 4.69) is 0 Å². The second-order valence-electron chi connectivity index (χ2n) is 4.59. The van der Waals surface area contributed by atoms with Gasteiger partial charge in [-0.3, -0.25) is 9.59 Å². The number of hydrogen-bond acceptors (Lipinski definition) is 6. The topological polar surface area (TPSA) is 86.7 Å². The van der Waals surface area contributed by atoms with E-state index < -0.39 is 11.9 Å². The van der Waals surface area contributed by atoms with Crippen molar-refractivity contribution in [2.75, 3.05) is 13.2 Å². The second-order valence-corrected chi connectivity index (χ2v) is 4.59. The van der Waals surface area contributed by atoms with Gasteiger partial charge in [-0.15, -0.1) is 0 Å². The maximum absolute atomic E-state index is 11.5. The maximum atomic E-state index is 11.5. The lowest BCUT2D eigenvalue weighted by atomic mass is 10.2. The van der Waals surface area contributed by atoms with Gasteiger partial charge in [0.2, 0.25) is 0 Å². The van der Waals surface area contributed by atoms with Crippen LogP contribution in [0.2, 0.25) is 0 Å². The van der Waals surface area contributed by atoms with Gasteiger partial charge in [0, 0.05) is 24.5 Å². The monoisotopic (exact) mass is 298 g/mol. The summed E-state index contributed by atoms with van der Waals surface area (Å²) in [4.78, 5) is 45.3. The van der Waals surface area contributed by atoms with Gasteiger partial charge in [-0.2, -0.15) is 0 Å². The first-order valence-electron chi connectivity index (χ1n) is 6.96. The van der Waals surface area contributed by atoms with E-state index in [1.54, 1.807) is 0 Å². The molecule has 6 heteroatoms. The number of ketones is 2. The first kappa shape index (κ1) is 19.0. The minimum absolute atomic E-state index is 0.0206. The van der Waals surface area contributed by atoms with Gasteiger partial charge in [0.1, 0.15) is 13.2 Å². The van der Waals surface area contributed by atoms with Crippen LogP contribution >= 0.6 is 0 Å². The van der Waals surface area contributed by atoms with Gasteiger partial charge in [-0.05, 0) is 19.8 Å². The van der Waals surface area contributed by atoms with Crippen molar-refractivity contribution in [3.63, 3.8) is 0 Å². The molecule has 0 saturated carbocycles. The van der Waals surface area contributed by atoms with Crippen LogP contribution in [0.4, 0.5) is 0 Å². The average molecular weight is 298 g/mol. The number of rotatable bonds is 10. The van der Waals surface area contributed by atoms with E-state index in [0.29, 0.717) is 25.7 Å². The molecule has 0 aliphatic heterocycles. The molecule has 0 radical (unpaired) electrons. The maximum Gasteiger partial charge on any atom is 0.334 e. The summed E-state index contributed by atoms with van der Waals surface area (Å²) in [5.74, 6) is -1.89. The summed E-state index contributed by atoms with van der Waals surface area (Å²) in [7, 11) is 0. The Morgan fingerprint density at radius 1 is 0.857 bits per heavy atom. The smallest absolute Gasteiger partial charge is 0.334 e. The highest BCUT2D eigenvalue weighted by atomic mass is 16.5. The van der Waals surface area contributed by atoms with Gasteiger partial charge in [-0.1, -0.05) is 13.8 Å².